The maximum Gasteiger partial charge on any atom is 0.251 e. The number of amides is 1. The van der Waals surface area contributed by atoms with Crippen molar-refractivity contribution in [3.8, 4) is 11.3 Å². The first kappa shape index (κ1) is 18.3. The highest BCUT2D eigenvalue weighted by atomic mass is 16.1. The van der Waals surface area contributed by atoms with E-state index in [4.69, 9.17) is 5.73 Å². The SMILES string of the molecule is CCn1ncnc1C(C)NC(=O)c1ccc(-c2cc(NC)nc(N)n2)cc1. The Bertz CT molecular complexity index is 935. The number of carbonyl (C=O) groups is 1. The van der Waals surface area contributed by atoms with E-state index in [1.54, 1.807) is 29.9 Å². The highest BCUT2D eigenvalue weighted by Crippen LogP contribution is 2.21. The molecule has 27 heavy (non-hydrogen) atoms. The van der Waals surface area contributed by atoms with Gasteiger partial charge in [0.05, 0.1) is 11.7 Å². The lowest BCUT2D eigenvalue weighted by Crippen LogP contribution is -2.28. The summed E-state index contributed by atoms with van der Waals surface area (Å²) < 4.78 is 1.76. The van der Waals surface area contributed by atoms with Gasteiger partial charge in [0, 0.05) is 30.8 Å². The average Bonchev–Trinajstić information content (AvgIpc) is 3.16. The normalized spacial score (nSPS) is 11.8. The van der Waals surface area contributed by atoms with Crippen LogP contribution < -0.4 is 16.4 Å². The van der Waals surface area contributed by atoms with Crippen LogP contribution in [0.2, 0.25) is 0 Å². The van der Waals surface area contributed by atoms with Crippen molar-refractivity contribution in [3.63, 3.8) is 0 Å². The molecule has 0 aliphatic carbocycles. The zero-order chi connectivity index (χ0) is 19.4. The second kappa shape index (κ2) is 7.81. The summed E-state index contributed by atoms with van der Waals surface area (Å²) in [6, 6.07) is 8.70. The van der Waals surface area contributed by atoms with Crippen molar-refractivity contribution < 1.29 is 4.79 Å². The summed E-state index contributed by atoms with van der Waals surface area (Å²) in [5, 5.41) is 10.0. The number of nitrogens with one attached hydrogen (secondary N) is 2. The summed E-state index contributed by atoms with van der Waals surface area (Å²) in [5.41, 5.74) is 7.81. The Hall–Kier alpha value is -3.49. The summed E-state index contributed by atoms with van der Waals surface area (Å²) in [5.74, 6) is 1.36. The number of anilines is 2. The smallest absolute Gasteiger partial charge is 0.251 e. The lowest BCUT2D eigenvalue weighted by atomic mass is 10.1. The Morgan fingerprint density at radius 2 is 2.00 bits per heavy atom. The third kappa shape index (κ3) is 4.02. The molecule has 0 aliphatic heterocycles. The van der Waals surface area contributed by atoms with Gasteiger partial charge in [0.1, 0.15) is 18.0 Å². The number of nitrogens with two attached hydrogens (primary N) is 1. The topological polar surface area (TPSA) is 124 Å². The second-order valence-electron chi connectivity index (χ2n) is 5.95. The zero-order valence-electron chi connectivity index (χ0n) is 15.5. The second-order valence-corrected chi connectivity index (χ2v) is 5.95. The van der Waals surface area contributed by atoms with Crippen LogP contribution >= 0.6 is 0 Å². The molecule has 3 aromatic rings. The number of hydrogen-bond acceptors (Lipinski definition) is 7. The van der Waals surface area contributed by atoms with E-state index in [2.05, 4.69) is 30.7 Å². The Balaban J connectivity index is 1.75. The molecule has 2 aromatic heterocycles. The van der Waals surface area contributed by atoms with Gasteiger partial charge in [-0.15, -0.1) is 0 Å². The van der Waals surface area contributed by atoms with Gasteiger partial charge >= 0.3 is 0 Å². The van der Waals surface area contributed by atoms with Crippen molar-refractivity contribution in [2.45, 2.75) is 26.4 Å². The van der Waals surface area contributed by atoms with Gasteiger partial charge in [0.25, 0.3) is 5.91 Å². The van der Waals surface area contributed by atoms with Crippen LogP contribution in [0.15, 0.2) is 36.7 Å². The molecule has 0 radical (unpaired) electrons. The molecular weight excluding hydrogens is 344 g/mol. The molecule has 3 rings (SSSR count). The molecular formula is C18H22N8O. The molecule has 1 amide bonds. The summed E-state index contributed by atoms with van der Waals surface area (Å²) in [4.78, 5) is 25.1. The monoisotopic (exact) mass is 366 g/mol. The number of benzene rings is 1. The molecule has 9 heteroatoms. The Morgan fingerprint density at radius 1 is 1.26 bits per heavy atom. The maximum absolute atomic E-state index is 12.5. The predicted octanol–water partition coefficient (Wildman–Crippen LogP) is 1.87. The summed E-state index contributed by atoms with van der Waals surface area (Å²) in [6.45, 7) is 4.55. The van der Waals surface area contributed by atoms with Crippen molar-refractivity contribution in [3.05, 3.63) is 48.0 Å². The molecule has 4 N–H and O–H groups in total. The summed E-state index contributed by atoms with van der Waals surface area (Å²) >= 11 is 0. The third-order valence-electron chi connectivity index (χ3n) is 4.12. The highest BCUT2D eigenvalue weighted by Gasteiger charge is 2.16. The molecule has 0 spiro atoms. The van der Waals surface area contributed by atoms with Crippen LogP contribution in [-0.2, 0) is 6.54 Å². The van der Waals surface area contributed by atoms with Gasteiger partial charge < -0.3 is 16.4 Å². The van der Waals surface area contributed by atoms with Crippen LogP contribution in [-0.4, -0.2) is 37.7 Å². The number of aromatic nitrogens is 5. The number of carbonyl (C=O) groups excluding carboxylic acids is 1. The highest BCUT2D eigenvalue weighted by molar-refractivity contribution is 5.94. The van der Waals surface area contributed by atoms with Crippen LogP contribution in [0.3, 0.4) is 0 Å². The lowest BCUT2D eigenvalue weighted by molar-refractivity contribution is 0.0937. The number of nitrogens with zero attached hydrogens (tertiary/aromatic N) is 5. The number of rotatable bonds is 6. The van der Waals surface area contributed by atoms with E-state index in [-0.39, 0.29) is 17.9 Å². The predicted molar refractivity (Wildman–Crippen MR) is 103 cm³/mol. The molecule has 0 saturated carbocycles. The third-order valence-corrected chi connectivity index (χ3v) is 4.12. The van der Waals surface area contributed by atoms with Gasteiger partial charge in [-0.3, -0.25) is 4.79 Å². The maximum atomic E-state index is 12.5. The first-order valence-electron chi connectivity index (χ1n) is 8.63. The van der Waals surface area contributed by atoms with Crippen molar-refractivity contribution in [2.75, 3.05) is 18.1 Å². The molecule has 0 aliphatic rings. The van der Waals surface area contributed by atoms with Crippen LogP contribution in [0, 0.1) is 0 Å². The molecule has 1 aromatic carbocycles. The van der Waals surface area contributed by atoms with E-state index in [1.165, 1.54) is 6.33 Å². The number of nitrogen functional groups attached to an aromatic ring is 1. The quantitative estimate of drug-likeness (QED) is 0.608. The van der Waals surface area contributed by atoms with Crippen LogP contribution in [0.5, 0.6) is 0 Å². The molecule has 1 unspecified atom stereocenters. The van der Waals surface area contributed by atoms with E-state index in [9.17, 15) is 4.79 Å². The minimum absolute atomic E-state index is 0.183. The van der Waals surface area contributed by atoms with Crippen LogP contribution in [0.4, 0.5) is 11.8 Å². The average molecular weight is 366 g/mol. The van der Waals surface area contributed by atoms with Gasteiger partial charge in [0.15, 0.2) is 0 Å². The number of hydrogen-bond donors (Lipinski definition) is 3. The fraction of sp³-hybridized carbons (Fsp3) is 0.278. The summed E-state index contributed by atoms with van der Waals surface area (Å²) in [7, 11) is 1.76. The Morgan fingerprint density at radius 3 is 2.67 bits per heavy atom. The van der Waals surface area contributed by atoms with Gasteiger partial charge in [-0.1, -0.05) is 12.1 Å². The van der Waals surface area contributed by atoms with Gasteiger partial charge in [-0.25, -0.2) is 14.6 Å². The Labute approximate surface area is 157 Å². The minimum atomic E-state index is -0.250. The molecule has 2 heterocycles. The van der Waals surface area contributed by atoms with E-state index in [0.717, 1.165) is 11.4 Å². The largest absolute Gasteiger partial charge is 0.373 e. The van der Waals surface area contributed by atoms with Crippen LogP contribution in [0.1, 0.15) is 36.1 Å². The first-order valence-corrected chi connectivity index (χ1v) is 8.63. The Kier molecular flexibility index (Phi) is 5.30. The molecule has 0 bridgehead atoms. The molecule has 9 nitrogen and oxygen atoms in total. The standard InChI is InChI=1S/C18H22N8O/c1-4-26-16(21-10-22-26)11(2)23-17(27)13-7-5-12(6-8-13)14-9-15(20-3)25-18(19)24-14/h5-11H,4H2,1-3H3,(H,23,27)(H3,19,20,24,25). The van der Waals surface area contributed by atoms with Crippen molar-refractivity contribution in [2.24, 2.45) is 0 Å². The fourth-order valence-electron chi connectivity index (χ4n) is 2.73. The van der Waals surface area contributed by atoms with E-state index < -0.39 is 0 Å². The van der Waals surface area contributed by atoms with E-state index in [0.29, 0.717) is 23.6 Å². The first-order chi connectivity index (χ1) is 13.0. The van der Waals surface area contributed by atoms with Crippen molar-refractivity contribution in [1.29, 1.82) is 0 Å². The van der Waals surface area contributed by atoms with E-state index >= 15 is 0 Å². The molecule has 0 fully saturated rings. The minimum Gasteiger partial charge on any atom is -0.373 e. The fourth-order valence-corrected chi connectivity index (χ4v) is 2.73. The number of aryl methyl sites for hydroxylation is 1. The van der Waals surface area contributed by atoms with Gasteiger partial charge in [-0.2, -0.15) is 10.1 Å². The summed E-state index contributed by atoms with van der Waals surface area (Å²) in [6.07, 6.45) is 1.49. The van der Waals surface area contributed by atoms with Crippen molar-refractivity contribution in [1.82, 2.24) is 30.0 Å². The van der Waals surface area contributed by atoms with Crippen LogP contribution in [0.25, 0.3) is 11.3 Å². The lowest BCUT2D eigenvalue weighted by Gasteiger charge is -2.14. The molecule has 1 atom stereocenters. The zero-order valence-corrected chi connectivity index (χ0v) is 15.5. The van der Waals surface area contributed by atoms with Gasteiger partial charge in [0.2, 0.25) is 5.95 Å². The van der Waals surface area contributed by atoms with E-state index in [1.807, 2.05) is 26.0 Å². The molecule has 140 valence electrons. The van der Waals surface area contributed by atoms with Crippen molar-refractivity contribution >= 4 is 17.7 Å². The molecule has 0 saturated heterocycles. The van der Waals surface area contributed by atoms with Gasteiger partial charge in [-0.05, 0) is 26.0 Å².